The SMILES string of the molecule is CC[C@@H](C)NC(=O)[C@@H](Cc1ccccc1)N(Cc1cccc(Cl)c1)C(=O)CN(c1ccc(Cl)c(C(F)(F)F)c1)S(C)(=O)=O. The second kappa shape index (κ2) is 14.5. The highest BCUT2D eigenvalue weighted by atomic mass is 35.5. The fourth-order valence-corrected chi connectivity index (χ4v) is 5.61. The van der Waals surface area contributed by atoms with Crippen LogP contribution in [0.4, 0.5) is 18.9 Å². The number of nitrogens with zero attached hydrogens (tertiary/aromatic N) is 2. The molecule has 3 aromatic carbocycles. The van der Waals surface area contributed by atoms with E-state index >= 15 is 0 Å². The van der Waals surface area contributed by atoms with Crippen LogP contribution in [0, 0.1) is 0 Å². The third-order valence-corrected chi connectivity index (χ3v) is 8.44. The molecule has 2 amide bonds. The molecule has 43 heavy (non-hydrogen) atoms. The minimum absolute atomic E-state index is 0.0907. The van der Waals surface area contributed by atoms with Gasteiger partial charge in [-0.1, -0.05) is 72.6 Å². The molecule has 232 valence electrons. The lowest BCUT2D eigenvalue weighted by Crippen LogP contribution is -2.54. The van der Waals surface area contributed by atoms with Gasteiger partial charge in [-0.05, 0) is 54.8 Å². The van der Waals surface area contributed by atoms with Gasteiger partial charge in [0.1, 0.15) is 12.6 Å². The average Bonchev–Trinajstić information content (AvgIpc) is 2.93. The lowest BCUT2D eigenvalue weighted by atomic mass is 10.0. The first-order valence-corrected chi connectivity index (χ1v) is 15.9. The summed E-state index contributed by atoms with van der Waals surface area (Å²) < 4.78 is 67.1. The van der Waals surface area contributed by atoms with Gasteiger partial charge in [-0.2, -0.15) is 13.2 Å². The van der Waals surface area contributed by atoms with Crippen LogP contribution in [-0.4, -0.2) is 50.0 Å². The first kappa shape index (κ1) is 34.2. The van der Waals surface area contributed by atoms with Crippen molar-refractivity contribution in [1.29, 1.82) is 0 Å². The number of hydrogen-bond donors (Lipinski definition) is 1. The van der Waals surface area contributed by atoms with E-state index in [4.69, 9.17) is 23.2 Å². The molecule has 2 atom stereocenters. The summed E-state index contributed by atoms with van der Waals surface area (Å²) in [6.07, 6.45) is -3.38. The van der Waals surface area contributed by atoms with Crippen molar-refractivity contribution in [3.05, 3.63) is 99.5 Å². The molecular formula is C30H32Cl2F3N3O4S. The summed E-state index contributed by atoms with van der Waals surface area (Å²) >= 11 is 11.9. The summed E-state index contributed by atoms with van der Waals surface area (Å²) in [6.45, 7) is 2.69. The van der Waals surface area contributed by atoms with Gasteiger partial charge < -0.3 is 10.2 Å². The van der Waals surface area contributed by atoms with Crippen LogP contribution in [0.15, 0.2) is 72.8 Å². The van der Waals surface area contributed by atoms with E-state index in [1.54, 1.807) is 54.6 Å². The van der Waals surface area contributed by atoms with Crippen LogP contribution < -0.4 is 9.62 Å². The lowest BCUT2D eigenvalue weighted by Gasteiger charge is -2.34. The summed E-state index contributed by atoms with van der Waals surface area (Å²) in [4.78, 5) is 29.0. The minimum atomic E-state index is -4.87. The molecule has 1 N–H and O–H groups in total. The Hall–Kier alpha value is -3.28. The molecule has 0 spiro atoms. The second-order valence-corrected chi connectivity index (χ2v) is 12.9. The highest BCUT2D eigenvalue weighted by Crippen LogP contribution is 2.37. The molecule has 13 heteroatoms. The van der Waals surface area contributed by atoms with Crippen LogP contribution in [0.5, 0.6) is 0 Å². The summed E-state index contributed by atoms with van der Waals surface area (Å²) in [6, 6.07) is 16.8. The normalized spacial score (nSPS) is 13.2. The Morgan fingerprint density at radius 2 is 1.60 bits per heavy atom. The number of rotatable bonds is 12. The average molecular weight is 659 g/mol. The van der Waals surface area contributed by atoms with Crippen LogP contribution in [0.2, 0.25) is 10.0 Å². The maximum absolute atomic E-state index is 14.1. The van der Waals surface area contributed by atoms with Crippen LogP contribution in [-0.2, 0) is 38.8 Å². The van der Waals surface area contributed by atoms with Gasteiger partial charge in [0.25, 0.3) is 0 Å². The maximum Gasteiger partial charge on any atom is 0.417 e. The van der Waals surface area contributed by atoms with Gasteiger partial charge >= 0.3 is 6.18 Å². The van der Waals surface area contributed by atoms with Crippen molar-refractivity contribution in [3.63, 3.8) is 0 Å². The zero-order valence-electron chi connectivity index (χ0n) is 23.7. The van der Waals surface area contributed by atoms with Crippen molar-refractivity contribution < 1.29 is 31.2 Å². The zero-order valence-corrected chi connectivity index (χ0v) is 26.1. The Morgan fingerprint density at radius 3 is 2.19 bits per heavy atom. The minimum Gasteiger partial charge on any atom is -0.352 e. The number of amides is 2. The van der Waals surface area contributed by atoms with Crippen molar-refractivity contribution in [1.82, 2.24) is 10.2 Å². The van der Waals surface area contributed by atoms with Crippen LogP contribution in [0.1, 0.15) is 37.0 Å². The van der Waals surface area contributed by atoms with E-state index < -0.39 is 56.9 Å². The standard InChI is InChI=1S/C30H32Cl2F3N3O4S/c1-4-20(2)36-29(40)27(16-21-9-6-5-7-10-21)37(18-22-11-8-12-23(31)15-22)28(39)19-38(43(3,41)42)24-13-14-26(32)25(17-24)30(33,34)35/h5-15,17,20,27H,4,16,18-19H2,1-3H3,(H,36,40)/t20-,27-/m1/s1. The molecule has 0 bridgehead atoms. The predicted octanol–water partition coefficient (Wildman–Crippen LogP) is 6.33. The van der Waals surface area contributed by atoms with Gasteiger partial charge in [0.15, 0.2) is 0 Å². The quantitative estimate of drug-likeness (QED) is 0.247. The zero-order chi connectivity index (χ0) is 31.9. The summed E-state index contributed by atoms with van der Waals surface area (Å²) in [5.41, 5.74) is -0.354. The third-order valence-electron chi connectivity index (χ3n) is 6.74. The van der Waals surface area contributed by atoms with Crippen LogP contribution in [0.3, 0.4) is 0 Å². The maximum atomic E-state index is 14.1. The number of nitrogens with one attached hydrogen (secondary N) is 1. The molecule has 0 saturated carbocycles. The van der Waals surface area contributed by atoms with Gasteiger partial charge in [-0.3, -0.25) is 13.9 Å². The number of hydrogen-bond acceptors (Lipinski definition) is 4. The van der Waals surface area contributed by atoms with Crippen LogP contribution >= 0.6 is 23.2 Å². The van der Waals surface area contributed by atoms with E-state index in [0.29, 0.717) is 27.4 Å². The summed E-state index contributed by atoms with van der Waals surface area (Å²) in [5.74, 6) is -1.28. The fourth-order valence-electron chi connectivity index (χ4n) is 4.33. The molecule has 0 unspecified atom stereocenters. The highest BCUT2D eigenvalue weighted by molar-refractivity contribution is 7.92. The third kappa shape index (κ3) is 9.61. The van der Waals surface area contributed by atoms with Crippen molar-refractivity contribution in [2.24, 2.45) is 0 Å². The van der Waals surface area contributed by atoms with Gasteiger partial charge in [-0.25, -0.2) is 8.42 Å². The number of sulfonamides is 1. The highest BCUT2D eigenvalue weighted by Gasteiger charge is 2.36. The second-order valence-electron chi connectivity index (χ2n) is 10.1. The lowest BCUT2D eigenvalue weighted by molar-refractivity contribution is -0.140. The van der Waals surface area contributed by atoms with Crippen molar-refractivity contribution in [2.45, 2.75) is 51.5 Å². The molecule has 3 aromatic rings. The largest absolute Gasteiger partial charge is 0.417 e. The van der Waals surface area contributed by atoms with E-state index in [0.717, 1.165) is 24.0 Å². The smallest absolute Gasteiger partial charge is 0.352 e. The number of anilines is 1. The Kier molecular flexibility index (Phi) is 11.5. The molecule has 0 aliphatic heterocycles. The predicted molar refractivity (Wildman–Crippen MR) is 162 cm³/mol. The van der Waals surface area contributed by atoms with Crippen molar-refractivity contribution in [3.8, 4) is 0 Å². The van der Waals surface area contributed by atoms with Gasteiger partial charge in [0, 0.05) is 24.0 Å². The van der Waals surface area contributed by atoms with Gasteiger partial charge in [0.05, 0.1) is 22.5 Å². The molecule has 7 nitrogen and oxygen atoms in total. The number of carbonyl (C=O) groups excluding carboxylic acids is 2. The molecule has 0 aliphatic carbocycles. The molecule has 0 heterocycles. The topological polar surface area (TPSA) is 86.8 Å². The Labute approximate surface area is 259 Å². The molecule has 0 fully saturated rings. The number of carbonyl (C=O) groups is 2. The van der Waals surface area contributed by atoms with Gasteiger partial charge in [-0.15, -0.1) is 0 Å². The molecule has 0 radical (unpaired) electrons. The molecule has 0 aromatic heterocycles. The number of benzene rings is 3. The Balaban J connectivity index is 2.11. The Morgan fingerprint density at radius 1 is 0.953 bits per heavy atom. The van der Waals surface area contributed by atoms with Crippen molar-refractivity contribution in [2.75, 3.05) is 17.1 Å². The fraction of sp³-hybridized carbons (Fsp3) is 0.333. The Bertz CT molecular complexity index is 1540. The number of halogens is 5. The molecule has 3 rings (SSSR count). The molecule has 0 saturated heterocycles. The van der Waals surface area contributed by atoms with Gasteiger partial charge in [0.2, 0.25) is 21.8 Å². The summed E-state index contributed by atoms with van der Waals surface area (Å²) in [7, 11) is -4.28. The monoisotopic (exact) mass is 657 g/mol. The number of alkyl halides is 3. The van der Waals surface area contributed by atoms with E-state index in [1.807, 2.05) is 13.8 Å². The van der Waals surface area contributed by atoms with E-state index in [1.165, 1.54) is 4.90 Å². The first-order chi connectivity index (χ1) is 20.1. The van der Waals surface area contributed by atoms with Crippen molar-refractivity contribution >= 4 is 50.7 Å². The van der Waals surface area contributed by atoms with E-state index in [-0.39, 0.29) is 19.0 Å². The summed E-state index contributed by atoms with van der Waals surface area (Å²) in [5, 5.41) is 2.66. The van der Waals surface area contributed by atoms with E-state index in [9.17, 15) is 31.2 Å². The van der Waals surface area contributed by atoms with E-state index in [2.05, 4.69) is 5.32 Å². The molecular weight excluding hydrogens is 626 g/mol. The molecule has 0 aliphatic rings. The first-order valence-electron chi connectivity index (χ1n) is 13.3. The van der Waals surface area contributed by atoms with Crippen LogP contribution in [0.25, 0.3) is 0 Å².